The van der Waals surface area contributed by atoms with Crippen LogP contribution in [0, 0.1) is 11.7 Å². The maximum atomic E-state index is 12.8. The molecule has 0 bridgehead atoms. The molecule has 2 heterocycles. The van der Waals surface area contributed by atoms with E-state index in [9.17, 15) is 14.0 Å². The number of amides is 2. The Labute approximate surface area is 151 Å². The average molecular weight is 357 g/mol. The summed E-state index contributed by atoms with van der Waals surface area (Å²) >= 11 is 0. The van der Waals surface area contributed by atoms with Crippen LogP contribution in [0.5, 0.6) is 5.88 Å². The van der Waals surface area contributed by atoms with Gasteiger partial charge >= 0.3 is 0 Å². The van der Waals surface area contributed by atoms with Crippen molar-refractivity contribution in [3.05, 3.63) is 59.5 Å². The lowest BCUT2D eigenvalue weighted by molar-refractivity contribution is -0.128. The molecule has 0 aliphatic carbocycles. The molecule has 1 aromatic heterocycles. The summed E-state index contributed by atoms with van der Waals surface area (Å²) in [4.78, 5) is 30.1. The SMILES string of the molecule is COc1ccc(C(=O)N2CC(C(=O)NCCc3ccc(F)cc3)C2)cn1. The molecule has 0 saturated carbocycles. The number of rotatable bonds is 6. The monoisotopic (exact) mass is 357 g/mol. The minimum atomic E-state index is -0.274. The van der Waals surface area contributed by atoms with Crippen molar-refractivity contribution in [2.45, 2.75) is 6.42 Å². The summed E-state index contributed by atoms with van der Waals surface area (Å²) in [5.41, 5.74) is 1.44. The highest BCUT2D eigenvalue weighted by atomic mass is 19.1. The number of aromatic nitrogens is 1. The third-order valence-electron chi connectivity index (χ3n) is 4.36. The third kappa shape index (κ3) is 4.17. The number of pyridine rings is 1. The van der Waals surface area contributed by atoms with Gasteiger partial charge in [0.05, 0.1) is 18.6 Å². The van der Waals surface area contributed by atoms with Gasteiger partial charge in [-0.25, -0.2) is 9.37 Å². The van der Waals surface area contributed by atoms with Crippen LogP contribution in [0.3, 0.4) is 0 Å². The maximum absolute atomic E-state index is 12.8. The normalized spacial score (nSPS) is 13.8. The fraction of sp³-hybridized carbons (Fsp3) is 0.316. The summed E-state index contributed by atoms with van der Waals surface area (Å²) in [6, 6.07) is 9.50. The van der Waals surface area contributed by atoms with Crippen LogP contribution < -0.4 is 10.1 Å². The predicted molar refractivity (Wildman–Crippen MR) is 93.3 cm³/mol. The molecule has 2 amide bonds. The number of benzene rings is 1. The predicted octanol–water partition coefficient (Wildman–Crippen LogP) is 1.66. The van der Waals surface area contributed by atoms with Crippen molar-refractivity contribution in [1.29, 1.82) is 0 Å². The topological polar surface area (TPSA) is 71.5 Å². The third-order valence-corrected chi connectivity index (χ3v) is 4.36. The molecule has 6 nitrogen and oxygen atoms in total. The first-order valence-electron chi connectivity index (χ1n) is 8.38. The van der Waals surface area contributed by atoms with Crippen LogP contribution in [-0.2, 0) is 11.2 Å². The number of hydrogen-bond acceptors (Lipinski definition) is 4. The van der Waals surface area contributed by atoms with E-state index in [0.717, 1.165) is 5.56 Å². The van der Waals surface area contributed by atoms with Crippen molar-refractivity contribution in [2.75, 3.05) is 26.7 Å². The van der Waals surface area contributed by atoms with Crippen molar-refractivity contribution in [1.82, 2.24) is 15.2 Å². The highest BCUT2D eigenvalue weighted by molar-refractivity contribution is 5.95. The van der Waals surface area contributed by atoms with Gasteiger partial charge in [-0.3, -0.25) is 9.59 Å². The second kappa shape index (κ2) is 7.95. The second-order valence-electron chi connectivity index (χ2n) is 6.16. The second-order valence-corrected chi connectivity index (χ2v) is 6.16. The van der Waals surface area contributed by atoms with Gasteiger partial charge in [0.15, 0.2) is 0 Å². The van der Waals surface area contributed by atoms with Crippen LogP contribution in [0.2, 0.25) is 0 Å². The zero-order chi connectivity index (χ0) is 18.5. The molecule has 1 saturated heterocycles. The van der Waals surface area contributed by atoms with E-state index in [-0.39, 0.29) is 23.5 Å². The molecule has 1 aromatic carbocycles. The van der Waals surface area contributed by atoms with E-state index in [0.29, 0.717) is 37.5 Å². The lowest BCUT2D eigenvalue weighted by atomic mass is 9.98. The summed E-state index contributed by atoms with van der Waals surface area (Å²) in [5.74, 6) is -0.231. The van der Waals surface area contributed by atoms with E-state index >= 15 is 0 Å². The minimum Gasteiger partial charge on any atom is -0.481 e. The summed E-state index contributed by atoms with van der Waals surface area (Å²) in [6.07, 6.45) is 2.11. The lowest BCUT2D eigenvalue weighted by Gasteiger charge is -2.38. The van der Waals surface area contributed by atoms with E-state index in [1.54, 1.807) is 29.2 Å². The molecule has 1 N–H and O–H groups in total. The number of carbonyl (C=O) groups excluding carboxylic acids is 2. The molecule has 1 fully saturated rings. The number of hydrogen-bond donors (Lipinski definition) is 1. The van der Waals surface area contributed by atoms with E-state index in [2.05, 4.69) is 10.3 Å². The Morgan fingerprint density at radius 3 is 2.58 bits per heavy atom. The zero-order valence-electron chi connectivity index (χ0n) is 14.4. The number of halogens is 1. The molecule has 3 rings (SSSR count). The van der Waals surface area contributed by atoms with Crippen LogP contribution in [0.4, 0.5) is 4.39 Å². The van der Waals surface area contributed by atoms with Gasteiger partial charge in [0.2, 0.25) is 11.8 Å². The molecule has 136 valence electrons. The van der Waals surface area contributed by atoms with Gasteiger partial charge in [0.25, 0.3) is 5.91 Å². The van der Waals surface area contributed by atoms with Crippen LogP contribution in [-0.4, -0.2) is 48.4 Å². The molecular weight excluding hydrogens is 337 g/mol. The molecule has 0 atom stereocenters. The standard InChI is InChI=1S/C19H20FN3O3/c1-26-17-7-4-14(10-22-17)19(25)23-11-15(12-23)18(24)21-9-8-13-2-5-16(20)6-3-13/h2-7,10,15H,8-9,11-12H2,1H3,(H,21,24). The van der Waals surface area contributed by atoms with Gasteiger partial charge in [-0.1, -0.05) is 12.1 Å². The lowest BCUT2D eigenvalue weighted by Crippen LogP contribution is -2.55. The van der Waals surface area contributed by atoms with Crippen LogP contribution in [0.15, 0.2) is 42.6 Å². The van der Waals surface area contributed by atoms with Crippen LogP contribution in [0.25, 0.3) is 0 Å². The van der Waals surface area contributed by atoms with Crippen molar-refractivity contribution in [3.63, 3.8) is 0 Å². The molecule has 0 unspecified atom stereocenters. The van der Waals surface area contributed by atoms with E-state index in [1.165, 1.54) is 25.4 Å². The Bertz CT molecular complexity index is 772. The Morgan fingerprint density at radius 1 is 1.23 bits per heavy atom. The highest BCUT2D eigenvalue weighted by Gasteiger charge is 2.35. The van der Waals surface area contributed by atoms with Gasteiger partial charge in [-0.2, -0.15) is 0 Å². The first kappa shape index (κ1) is 17.8. The average Bonchev–Trinajstić information content (AvgIpc) is 2.62. The number of likely N-dealkylation sites (tertiary alicyclic amines) is 1. The van der Waals surface area contributed by atoms with E-state index in [1.807, 2.05) is 0 Å². The first-order valence-corrected chi connectivity index (χ1v) is 8.38. The number of nitrogens with one attached hydrogen (secondary N) is 1. The summed E-state index contributed by atoms with van der Waals surface area (Å²) in [6.45, 7) is 1.28. The summed E-state index contributed by atoms with van der Waals surface area (Å²) < 4.78 is 17.8. The molecule has 7 heteroatoms. The Kier molecular flexibility index (Phi) is 5.46. The number of methoxy groups -OCH3 is 1. The van der Waals surface area contributed by atoms with Gasteiger partial charge in [0, 0.05) is 31.9 Å². The van der Waals surface area contributed by atoms with Crippen molar-refractivity contribution in [3.8, 4) is 5.88 Å². The number of nitrogens with zero attached hydrogens (tertiary/aromatic N) is 2. The maximum Gasteiger partial charge on any atom is 0.255 e. The fourth-order valence-electron chi connectivity index (χ4n) is 2.75. The van der Waals surface area contributed by atoms with Crippen molar-refractivity contribution < 1.29 is 18.7 Å². The molecule has 0 spiro atoms. The Balaban J connectivity index is 1.41. The van der Waals surface area contributed by atoms with E-state index < -0.39 is 0 Å². The number of carbonyl (C=O) groups is 2. The molecular formula is C19H20FN3O3. The summed E-state index contributed by atoms with van der Waals surface area (Å²) in [7, 11) is 1.51. The van der Waals surface area contributed by atoms with E-state index in [4.69, 9.17) is 4.74 Å². The summed E-state index contributed by atoms with van der Waals surface area (Å²) in [5, 5.41) is 2.86. The zero-order valence-corrected chi connectivity index (χ0v) is 14.4. The molecule has 2 aromatic rings. The molecule has 1 aliphatic rings. The quantitative estimate of drug-likeness (QED) is 0.854. The van der Waals surface area contributed by atoms with Crippen molar-refractivity contribution in [2.24, 2.45) is 5.92 Å². The van der Waals surface area contributed by atoms with Gasteiger partial charge in [0.1, 0.15) is 5.82 Å². The molecule has 26 heavy (non-hydrogen) atoms. The first-order chi connectivity index (χ1) is 12.6. The van der Waals surface area contributed by atoms with Gasteiger partial charge in [-0.15, -0.1) is 0 Å². The highest BCUT2D eigenvalue weighted by Crippen LogP contribution is 2.19. The van der Waals surface area contributed by atoms with Gasteiger partial charge < -0.3 is 15.0 Å². The molecule has 1 aliphatic heterocycles. The Hall–Kier alpha value is -2.96. The van der Waals surface area contributed by atoms with Gasteiger partial charge in [-0.05, 0) is 30.2 Å². The minimum absolute atomic E-state index is 0.0657. The van der Waals surface area contributed by atoms with Crippen LogP contribution in [0.1, 0.15) is 15.9 Å². The largest absolute Gasteiger partial charge is 0.481 e. The number of ether oxygens (including phenoxy) is 1. The van der Waals surface area contributed by atoms with Crippen molar-refractivity contribution >= 4 is 11.8 Å². The fourth-order valence-corrected chi connectivity index (χ4v) is 2.75. The Morgan fingerprint density at radius 2 is 1.96 bits per heavy atom. The smallest absolute Gasteiger partial charge is 0.255 e. The van der Waals surface area contributed by atoms with Crippen LogP contribution >= 0.6 is 0 Å². The molecule has 0 radical (unpaired) electrons.